The van der Waals surface area contributed by atoms with Gasteiger partial charge in [0.05, 0.1) is 11.5 Å². The van der Waals surface area contributed by atoms with Gasteiger partial charge in [0.25, 0.3) is 0 Å². The Balaban J connectivity index is 2.96. The summed E-state index contributed by atoms with van der Waals surface area (Å²) in [5.74, 6) is -0.0301. The van der Waals surface area contributed by atoms with Crippen molar-refractivity contribution >= 4 is 10.0 Å². The third-order valence-corrected chi connectivity index (χ3v) is 3.86. The summed E-state index contributed by atoms with van der Waals surface area (Å²) in [5, 5.41) is 9.07. The van der Waals surface area contributed by atoms with Gasteiger partial charge in [-0.25, -0.2) is 13.1 Å². The van der Waals surface area contributed by atoms with E-state index in [9.17, 15) is 13.2 Å². The van der Waals surface area contributed by atoms with Gasteiger partial charge in [-0.2, -0.15) is 0 Å². The van der Waals surface area contributed by atoms with Gasteiger partial charge in [-0.05, 0) is 12.0 Å². The van der Waals surface area contributed by atoms with E-state index >= 15 is 0 Å². The highest BCUT2D eigenvalue weighted by Gasteiger charge is 2.21. The molecule has 0 aromatic carbocycles. The summed E-state index contributed by atoms with van der Waals surface area (Å²) in [5.41, 5.74) is -0.369. The Morgan fingerprint density at radius 3 is 2.47 bits per heavy atom. The second kappa shape index (κ2) is 5.44. The molecular weight excluding hydrogens is 244 g/mol. The number of sulfonamides is 1. The molecular formula is C10H16N2O4S. The van der Waals surface area contributed by atoms with Crippen LogP contribution in [0.2, 0.25) is 0 Å². The third-order valence-electron chi connectivity index (χ3n) is 2.37. The van der Waals surface area contributed by atoms with Crippen molar-refractivity contribution < 1.29 is 13.5 Å². The van der Waals surface area contributed by atoms with Crippen LogP contribution in [-0.4, -0.2) is 31.2 Å². The maximum absolute atomic E-state index is 11.9. The smallest absolute Gasteiger partial charge is 0.247 e. The molecule has 0 aliphatic heterocycles. The Bertz CT molecular complexity index is 501. The molecule has 1 aromatic heterocycles. The molecule has 1 atom stereocenters. The van der Waals surface area contributed by atoms with Crippen LogP contribution in [0.3, 0.4) is 0 Å². The monoisotopic (exact) mass is 260 g/mol. The summed E-state index contributed by atoms with van der Waals surface area (Å²) in [6.45, 7) is 3.33. The summed E-state index contributed by atoms with van der Waals surface area (Å²) >= 11 is 0. The minimum Gasteiger partial charge on any atom is -0.395 e. The van der Waals surface area contributed by atoms with E-state index in [1.165, 1.54) is 6.07 Å². The average Bonchev–Trinajstić information content (AvgIpc) is 2.26. The first-order valence-corrected chi connectivity index (χ1v) is 6.67. The molecule has 0 saturated carbocycles. The number of nitrogens with one attached hydrogen (secondary N) is 2. The van der Waals surface area contributed by atoms with Gasteiger partial charge in [-0.3, -0.25) is 4.79 Å². The van der Waals surface area contributed by atoms with E-state index in [2.05, 4.69) is 9.71 Å². The van der Waals surface area contributed by atoms with Gasteiger partial charge in [-0.1, -0.05) is 13.8 Å². The van der Waals surface area contributed by atoms with Crippen LogP contribution in [0.5, 0.6) is 0 Å². The number of aromatic nitrogens is 1. The number of hydrogen-bond donors (Lipinski definition) is 3. The maximum atomic E-state index is 11.9. The Morgan fingerprint density at radius 1 is 1.41 bits per heavy atom. The Labute approximate surface area is 99.7 Å². The summed E-state index contributed by atoms with van der Waals surface area (Å²) in [6, 6.07) is 1.81. The van der Waals surface area contributed by atoms with Crippen molar-refractivity contribution in [1.29, 1.82) is 0 Å². The summed E-state index contributed by atoms with van der Waals surface area (Å²) in [6.07, 6.45) is 1.12. The zero-order chi connectivity index (χ0) is 13.1. The molecule has 1 aromatic rings. The Morgan fingerprint density at radius 2 is 2.06 bits per heavy atom. The zero-order valence-corrected chi connectivity index (χ0v) is 10.5. The molecule has 0 bridgehead atoms. The molecule has 1 rings (SSSR count). The number of H-pyrrole nitrogens is 1. The quantitative estimate of drug-likeness (QED) is 0.675. The largest absolute Gasteiger partial charge is 0.395 e. The molecule has 0 saturated heterocycles. The fraction of sp³-hybridized carbons (Fsp3) is 0.500. The fourth-order valence-corrected chi connectivity index (χ4v) is 2.56. The van der Waals surface area contributed by atoms with Crippen LogP contribution in [0.4, 0.5) is 0 Å². The van der Waals surface area contributed by atoms with Crippen LogP contribution in [0.1, 0.15) is 13.8 Å². The molecule has 1 heterocycles. The fourth-order valence-electron chi connectivity index (χ4n) is 1.21. The third kappa shape index (κ3) is 3.65. The number of pyridine rings is 1. The number of rotatable bonds is 5. The topological polar surface area (TPSA) is 99.3 Å². The van der Waals surface area contributed by atoms with Crippen LogP contribution < -0.4 is 10.3 Å². The van der Waals surface area contributed by atoms with Gasteiger partial charge >= 0.3 is 0 Å². The predicted octanol–water partition coefficient (Wildman–Crippen LogP) is -0.330. The molecule has 3 N–H and O–H groups in total. The second-order valence-electron chi connectivity index (χ2n) is 4.04. The highest BCUT2D eigenvalue weighted by Crippen LogP contribution is 2.09. The van der Waals surface area contributed by atoms with Crippen molar-refractivity contribution in [3.05, 3.63) is 28.7 Å². The lowest BCUT2D eigenvalue weighted by molar-refractivity contribution is 0.227. The highest BCUT2D eigenvalue weighted by atomic mass is 32.2. The van der Waals surface area contributed by atoms with Gasteiger partial charge in [0.15, 0.2) is 0 Å². The summed E-state index contributed by atoms with van der Waals surface area (Å²) in [4.78, 5) is 13.1. The van der Waals surface area contributed by atoms with Crippen LogP contribution in [0.25, 0.3) is 0 Å². The van der Waals surface area contributed by atoms with E-state index in [4.69, 9.17) is 5.11 Å². The molecule has 0 aliphatic carbocycles. The zero-order valence-electron chi connectivity index (χ0n) is 9.67. The average molecular weight is 260 g/mol. The second-order valence-corrected chi connectivity index (χ2v) is 5.76. The lowest BCUT2D eigenvalue weighted by Gasteiger charge is -2.19. The van der Waals surface area contributed by atoms with Gasteiger partial charge < -0.3 is 10.1 Å². The van der Waals surface area contributed by atoms with Crippen molar-refractivity contribution in [2.45, 2.75) is 24.8 Å². The lowest BCUT2D eigenvalue weighted by Crippen LogP contribution is -2.41. The molecule has 0 aliphatic rings. The van der Waals surface area contributed by atoms with Crippen molar-refractivity contribution in [1.82, 2.24) is 9.71 Å². The molecule has 6 nitrogen and oxygen atoms in total. The summed E-state index contributed by atoms with van der Waals surface area (Å²) in [7, 11) is -3.71. The van der Waals surface area contributed by atoms with Crippen LogP contribution in [0.15, 0.2) is 28.0 Å². The Hall–Kier alpha value is -1.18. The van der Waals surface area contributed by atoms with E-state index in [0.717, 1.165) is 12.3 Å². The van der Waals surface area contributed by atoms with E-state index < -0.39 is 16.1 Å². The van der Waals surface area contributed by atoms with Gasteiger partial charge in [0.2, 0.25) is 15.6 Å². The normalized spacial score (nSPS) is 13.9. The molecule has 0 radical (unpaired) electrons. The summed E-state index contributed by atoms with van der Waals surface area (Å²) < 4.78 is 26.1. The van der Waals surface area contributed by atoms with Gasteiger partial charge in [-0.15, -0.1) is 0 Å². The molecule has 1 unspecified atom stereocenters. The number of aliphatic hydroxyl groups excluding tert-OH is 1. The van der Waals surface area contributed by atoms with Gasteiger partial charge in [0, 0.05) is 18.3 Å². The number of aromatic amines is 1. The Kier molecular flexibility index (Phi) is 4.44. The van der Waals surface area contributed by atoms with Crippen molar-refractivity contribution in [3.8, 4) is 0 Å². The minimum absolute atomic E-state index is 0.0301. The number of hydrogen-bond acceptors (Lipinski definition) is 4. The first kappa shape index (κ1) is 13.9. The maximum Gasteiger partial charge on any atom is 0.247 e. The SMILES string of the molecule is CC(C)C(CO)NS(=O)(=O)c1ccc(=O)[nH]c1. The predicted molar refractivity (Wildman–Crippen MR) is 63.1 cm³/mol. The first-order chi connectivity index (χ1) is 7.86. The minimum atomic E-state index is -3.71. The van der Waals surface area contributed by atoms with E-state index in [0.29, 0.717) is 0 Å². The van der Waals surface area contributed by atoms with Crippen molar-refractivity contribution in [3.63, 3.8) is 0 Å². The molecule has 96 valence electrons. The highest BCUT2D eigenvalue weighted by molar-refractivity contribution is 7.89. The van der Waals surface area contributed by atoms with Crippen molar-refractivity contribution in [2.75, 3.05) is 6.61 Å². The lowest BCUT2D eigenvalue weighted by atomic mass is 10.1. The van der Waals surface area contributed by atoms with E-state index in [1.807, 2.05) is 0 Å². The number of aliphatic hydroxyl groups is 1. The molecule has 0 spiro atoms. The first-order valence-electron chi connectivity index (χ1n) is 5.18. The molecule has 7 heteroatoms. The van der Waals surface area contributed by atoms with Crippen LogP contribution >= 0.6 is 0 Å². The molecule has 17 heavy (non-hydrogen) atoms. The van der Waals surface area contributed by atoms with E-state index in [-0.39, 0.29) is 23.0 Å². The van der Waals surface area contributed by atoms with Crippen molar-refractivity contribution in [2.24, 2.45) is 5.92 Å². The standard InChI is InChI=1S/C10H16N2O4S/c1-7(2)9(6-13)12-17(15,16)8-3-4-10(14)11-5-8/h3-5,7,9,12-13H,6H2,1-2H3,(H,11,14). The van der Waals surface area contributed by atoms with Crippen LogP contribution in [-0.2, 0) is 10.0 Å². The van der Waals surface area contributed by atoms with Gasteiger partial charge in [0.1, 0.15) is 0 Å². The molecule has 0 fully saturated rings. The molecule has 0 amide bonds. The van der Waals surface area contributed by atoms with Crippen LogP contribution in [0, 0.1) is 5.92 Å². The van der Waals surface area contributed by atoms with E-state index in [1.54, 1.807) is 13.8 Å².